The molecular formula is C12H21N3O2. The third-order valence-electron chi connectivity index (χ3n) is 2.60. The number of carbonyl (C=O) groups is 1. The first-order valence-electron chi connectivity index (χ1n) is 5.87. The fourth-order valence-corrected chi connectivity index (χ4v) is 1.73. The lowest BCUT2D eigenvalue weighted by Crippen LogP contribution is -2.29. The highest BCUT2D eigenvalue weighted by atomic mass is 16.4. The summed E-state index contributed by atoms with van der Waals surface area (Å²) in [5, 5.41) is 11.2. The minimum Gasteiger partial charge on any atom is -0.480 e. The Labute approximate surface area is 102 Å². The molecule has 0 saturated carbocycles. The van der Waals surface area contributed by atoms with Crippen molar-refractivity contribution >= 4 is 5.97 Å². The molecule has 96 valence electrons. The Balaban J connectivity index is 0.000000171. The monoisotopic (exact) mass is 239 g/mol. The maximum Gasteiger partial charge on any atom is 0.320 e. The molecule has 17 heavy (non-hydrogen) atoms. The quantitative estimate of drug-likeness (QED) is 0.753. The second kappa shape index (κ2) is 6.96. The van der Waals surface area contributed by atoms with Gasteiger partial charge in [-0.2, -0.15) is 0 Å². The highest BCUT2D eigenvalue weighted by Crippen LogP contribution is 2.03. The Bertz CT molecular complexity index is 296. The summed E-state index contributed by atoms with van der Waals surface area (Å²) in [4.78, 5) is 14.4. The van der Waals surface area contributed by atoms with E-state index in [4.69, 9.17) is 5.11 Å². The summed E-state index contributed by atoms with van der Waals surface area (Å²) in [5.74, 6) is -0.720. The summed E-state index contributed by atoms with van der Waals surface area (Å²) in [7, 11) is 2.06. The number of carboxylic acid groups (broad SMARTS) is 1. The summed E-state index contributed by atoms with van der Waals surface area (Å²) in [6.45, 7) is 3.85. The summed E-state index contributed by atoms with van der Waals surface area (Å²) >= 11 is 0. The molecule has 5 nitrogen and oxygen atoms in total. The highest BCUT2D eigenvalue weighted by Gasteiger charge is 2.20. The van der Waals surface area contributed by atoms with Crippen LogP contribution >= 0.6 is 0 Å². The second-order valence-electron chi connectivity index (χ2n) is 4.18. The summed E-state index contributed by atoms with van der Waals surface area (Å²) in [6, 6.07) is -0.269. The number of nitrogens with zero attached hydrogens (tertiary/aromatic N) is 2. The predicted octanol–water partition coefficient (Wildman–Crippen LogP) is 1.02. The van der Waals surface area contributed by atoms with Crippen LogP contribution in [-0.2, 0) is 4.79 Å². The SMILES string of the molecule is CC=CN1C=CN(C)C1.O=C(O)[C@@H]1CCCN1. The van der Waals surface area contributed by atoms with Gasteiger partial charge in [-0.15, -0.1) is 0 Å². The van der Waals surface area contributed by atoms with E-state index in [0.717, 1.165) is 26.1 Å². The van der Waals surface area contributed by atoms with Crippen LogP contribution in [0.25, 0.3) is 0 Å². The van der Waals surface area contributed by atoms with Gasteiger partial charge in [-0.05, 0) is 26.3 Å². The van der Waals surface area contributed by atoms with Crippen molar-refractivity contribution in [2.45, 2.75) is 25.8 Å². The van der Waals surface area contributed by atoms with E-state index in [1.807, 2.05) is 13.0 Å². The molecule has 2 aliphatic heterocycles. The number of hydrogen-bond donors (Lipinski definition) is 2. The van der Waals surface area contributed by atoms with Gasteiger partial charge < -0.3 is 20.2 Å². The molecule has 0 aromatic carbocycles. The van der Waals surface area contributed by atoms with Crippen molar-refractivity contribution in [2.24, 2.45) is 0 Å². The van der Waals surface area contributed by atoms with E-state index in [-0.39, 0.29) is 6.04 Å². The van der Waals surface area contributed by atoms with E-state index >= 15 is 0 Å². The van der Waals surface area contributed by atoms with E-state index in [1.165, 1.54) is 0 Å². The molecule has 0 spiro atoms. The smallest absolute Gasteiger partial charge is 0.320 e. The summed E-state index contributed by atoms with van der Waals surface area (Å²) in [5.41, 5.74) is 0. The third kappa shape index (κ3) is 4.91. The molecule has 1 atom stereocenters. The van der Waals surface area contributed by atoms with Crippen molar-refractivity contribution in [1.82, 2.24) is 15.1 Å². The molecule has 5 heteroatoms. The number of hydrogen-bond acceptors (Lipinski definition) is 4. The van der Waals surface area contributed by atoms with Crippen LogP contribution in [0.15, 0.2) is 24.7 Å². The maximum atomic E-state index is 10.1. The Hall–Kier alpha value is -1.49. The number of nitrogens with one attached hydrogen (secondary N) is 1. The predicted molar refractivity (Wildman–Crippen MR) is 67.1 cm³/mol. The minimum atomic E-state index is -0.720. The zero-order valence-corrected chi connectivity index (χ0v) is 10.5. The molecule has 2 heterocycles. The topological polar surface area (TPSA) is 55.8 Å². The van der Waals surface area contributed by atoms with Crippen LogP contribution in [0.3, 0.4) is 0 Å². The molecule has 0 amide bonds. The normalized spacial score (nSPS) is 23.1. The van der Waals surface area contributed by atoms with Gasteiger partial charge in [-0.1, -0.05) is 6.08 Å². The Morgan fingerprint density at radius 1 is 1.53 bits per heavy atom. The van der Waals surface area contributed by atoms with Gasteiger partial charge in [0.15, 0.2) is 0 Å². The van der Waals surface area contributed by atoms with Crippen LogP contribution in [0.5, 0.6) is 0 Å². The molecule has 0 radical (unpaired) electrons. The summed E-state index contributed by atoms with van der Waals surface area (Å²) < 4.78 is 0. The first kappa shape index (κ1) is 13.6. The zero-order chi connectivity index (χ0) is 12.7. The largest absolute Gasteiger partial charge is 0.480 e. The van der Waals surface area contributed by atoms with Gasteiger partial charge in [-0.3, -0.25) is 4.79 Å². The summed E-state index contributed by atoms with van der Waals surface area (Å²) in [6.07, 6.45) is 9.98. The van der Waals surface area contributed by atoms with E-state index in [9.17, 15) is 4.79 Å². The molecule has 2 rings (SSSR count). The second-order valence-corrected chi connectivity index (χ2v) is 4.18. The minimum absolute atomic E-state index is 0.269. The maximum absolute atomic E-state index is 10.1. The number of aliphatic carboxylic acids is 1. The average molecular weight is 239 g/mol. The Morgan fingerprint density at radius 2 is 2.29 bits per heavy atom. The van der Waals surface area contributed by atoms with Crippen molar-refractivity contribution in [2.75, 3.05) is 20.3 Å². The first-order chi connectivity index (χ1) is 8.13. The van der Waals surface area contributed by atoms with Crippen molar-refractivity contribution < 1.29 is 9.90 Å². The lowest BCUT2D eigenvalue weighted by atomic mass is 10.2. The molecule has 2 aliphatic rings. The zero-order valence-electron chi connectivity index (χ0n) is 10.5. The van der Waals surface area contributed by atoms with Crippen LogP contribution in [0.1, 0.15) is 19.8 Å². The van der Waals surface area contributed by atoms with E-state index in [0.29, 0.717) is 0 Å². The molecular weight excluding hydrogens is 218 g/mol. The fraction of sp³-hybridized carbons (Fsp3) is 0.583. The van der Waals surface area contributed by atoms with E-state index in [1.54, 1.807) is 0 Å². The molecule has 0 aliphatic carbocycles. The number of carboxylic acids is 1. The first-order valence-corrected chi connectivity index (χ1v) is 5.87. The van der Waals surface area contributed by atoms with Gasteiger partial charge >= 0.3 is 5.97 Å². The van der Waals surface area contributed by atoms with Gasteiger partial charge in [0.05, 0.1) is 6.67 Å². The van der Waals surface area contributed by atoms with Crippen molar-refractivity contribution in [3.05, 3.63) is 24.7 Å². The lowest BCUT2D eigenvalue weighted by Gasteiger charge is -2.12. The third-order valence-corrected chi connectivity index (χ3v) is 2.60. The Kier molecular flexibility index (Phi) is 5.56. The molecule has 1 saturated heterocycles. The molecule has 2 N–H and O–H groups in total. The van der Waals surface area contributed by atoms with Crippen LogP contribution < -0.4 is 5.32 Å². The van der Waals surface area contributed by atoms with Gasteiger partial charge in [0.1, 0.15) is 6.04 Å². The highest BCUT2D eigenvalue weighted by molar-refractivity contribution is 5.73. The van der Waals surface area contributed by atoms with Gasteiger partial charge in [0.25, 0.3) is 0 Å². The van der Waals surface area contributed by atoms with Crippen LogP contribution in [-0.4, -0.2) is 47.2 Å². The Morgan fingerprint density at radius 3 is 2.65 bits per heavy atom. The van der Waals surface area contributed by atoms with Crippen LogP contribution in [0, 0.1) is 0 Å². The molecule has 0 unspecified atom stereocenters. The van der Waals surface area contributed by atoms with Crippen molar-refractivity contribution in [3.8, 4) is 0 Å². The van der Waals surface area contributed by atoms with Crippen LogP contribution in [0.2, 0.25) is 0 Å². The van der Waals surface area contributed by atoms with Crippen molar-refractivity contribution in [1.29, 1.82) is 0 Å². The van der Waals surface area contributed by atoms with Crippen LogP contribution in [0.4, 0.5) is 0 Å². The van der Waals surface area contributed by atoms with E-state index < -0.39 is 5.97 Å². The molecule has 1 fully saturated rings. The van der Waals surface area contributed by atoms with Crippen molar-refractivity contribution in [3.63, 3.8) is 0 Å². The van der Waals surface area contributed by atoms with Gasteiger partial charge in [-0.25, -0.2) is 0 Å². The number of rotatable bonds is 2. The molecule has 0 aromatic heterocycles. The van der Waals surface area contributed by atoms with Gasteiger partial charge in [0.2, 0.25) is 0 Å². The average Bonchev–Trinajstić information content (AvgIpc) is 2.90. The lowest BCUT2D eigenvalue weighted by molar-refractivity contribution is -0.139. The fourth-order valence-electron chi connectivity index (χ4n) is 1.73. The molecule has 0 aromatic rings. The molecule has 0 bridgehead atoms. The van der Waals surface area contributed by atoms with Gasteiger partial charge in [0, 0.05) is 25.6 Å². The van der Waals surface area contributed by atoms with E-state index in [2.05, 4.69) is 40.8 Å². The number of allylic oxidation sites excluding steroid dienone is 1. The standard InChI is InChI=1S/C7H12N2.C5H9NO2/c1-3-4-9-6-5-8(2)7-9;7-5(8)4-2-1-3-6-4/h3-6H,7H2,1-2H3;4,6H,1-3H2,(H,7,8)/t;4-/m.0/s1.